The normalized spacial score (nSPS) is 10.8. The predicted molar refractivity (Wildman–Crippen MR) is 62.8 cm³/mol. The first-order valence-corrected chi connectivity index (χ1v) is 5.31. The summed E-state index contributed by atoms with van der Waals surface area (Å²) in [4.78, 5) is 10.7. The zero-order chi connectivity index (χ0) is 11.3. The molecule has 0 radical (unpaired) electrons. The van der Waals surface area contributed by atoms with Crippen molar-refractivity contribution in [3.63, 3.8) is 0 Å². The summed E-state index contributed by atoms with van der Waals surface area (Å²) >= 11 is 11.3. The van der Waals surface area contributed by atoms with E-state index in [1.165, 1.54) is 6.07 Å². The smallest absolute Gasteiger partial charge is 0.337 e. The first-order chi connectivity index (χ1) is 7.15. The van der Waals surface area contributed by atoms with Crippen LogP contribution in [0.25, 0.3) is 6.08 Å². The molecular formula is C11H10Cl2O2. The highest BCUT2D eigenvalue weighted by Crippen LogP contribution is 2.18. The molecular weight excluding hydrogens is 235 g/mol. The highest BCUT2D eigenvalue weighted by Gasteiger charge is 2.07. The molecule has 15 heavy (non-hydrogen) atoms. The Labute approximate surface area is 98.1 Å². The van der Waals surface area contributed by atoms with Crippen LogP contribution in [0, 0.1) is 0 Å². The summed E-state index contributed by atoms with van der Waals surface area (Å²) in [6.45, 7) is 0. The van der Waals surface area contributed by atoms with Crippen LogP contribution in [0.2, 0.25) is 5.02 Å². The largest absolute Gasteiger partial charge is 0.478 e. The van der Waals surface area contributed by atoms with Crippen LogP contribution in [-0.2, 0) is 0 Å². The number of halogens is 2. The van der Waals surface area contributed by atoms with Crippen LogP contribution < -0.4 is 0 Å². The summed E-state index contributed by atoms with van der Waals surface area (Å²) < 4.78 is 0. The zero-order valence-electron chi connectivity index (χ0n) is 7.91. The number of carboxylic acids is 1. The van der Waals surface area contributed by atoms with Gasteiger partial charge in [0.2, 0.25) is 0 Å². The molecule has 0 amide bonds. The fourth-order valence-corrected chi connectivity index (χ4v) is 1.49. The van der Waals surface area contributed by atoms with Gasteiger partial charge in [0, 0.05) is 5.88 Å². The number of aromatic carboxylic acids is 1. The van der Waals surface area contributed by atoms with Crippen LogP contribution in [0.15, 0.2) is 24.3 Å². The molecule has 0 bridgehead atoms. The molecule has 0 aromatic heterocycles. The molecule has 4 heteroatoms. The van der Waals surface area contributed by atoms with Crippen LogP contribution >= 0.6 is 23.2 Å². The monoisotopic (exact) mass is 244 g/mol. The minimum absolute atomic E-state index is 0.117. The summed E-state index contributed by atoms with van der Waals surface area (Å²) in [6, 6.07) is 4.82. The molecule has 1 aromatic carbocycles. The van der Waals surface area contributed by atoms with Crippen molar-refractivity contribution in [3.8, 4) is 0 Å². The van der Waals surface area contributed by atoms with Gasteiger partial charge >= 0.3 is 5.97 Å². The SMILES string of the molecule is O=C(O)c1ccc(C=CCCCl)cc1Cl. The van der Waals surface area contributed by atoms with E-state index in [9.17, 15) is 4.79 Å². The zero-order valence-corrected chi connectivity index (χ0v) is 9.42. The van der Waals surface area contributed by atoms with Crippen LogP contribution in [0.4, 0.5) is 0 Å². The van der Waals surface area contributed by atoms with Gasteiger partial charge in [0.25, 0.3) is 0 Å². The van der Waals surface area contributed by atoms with Crippen LogP contribution in [-0.4, -0.2) is 17.0 Å². The molecule has 1 N–H and O–H groups in total. The number of carbonyl (C=O) groups is 1. The van der Waals surface area contributed by atoms with E-state index in [0.29, 0.717) is 5.88 Å². The highest BCUT2D eigenvalue weighted by atomic mass is 35.5. The van der Waals surface area contributed by atoms with E-state index in [1.807, 2.05) is 12.2 Å². The molecule has 80 valence electrons. The fourth-order valence-electron chi connectivity index (χ4n) is 1.09. The Balaban J connectivity index is 2.87. The number of benzene rings is 1. The van der Waals surface area contributed by atoms with Gasteiger partial charge in [-0.25, -0.2) is 4.79 Å². The van der Waals surface area contributed by atoms with Gasteiger partial charge in [-0.15, -0.1) is 11.6 Å². The second-order valence-electron chi connectivity index (χ2n) is 2.92. The first kappa shape index (κ1) is 12.1. The average molecular weight is 245 g/mol. The second kappa shape index (κ2) is 5.79. The molecule has 1 aromatic rings. The highest BCUT2D eigenvalue weighted by molar-refractivity contribution is 6.33. The van der Waals surface area contributed by atoms with Crippen molar-refractivity contribution in [1.82, 2.24) is 0 Å². The molecule has 0 atom stereocenters. The molecule has 1 rings (SSSR count). The lowest BCUT2D eigenvalue weighted by Gasteiger charge is -1.99. The minimum Gasteiger partial charge on any atom is -0.478 e. The Morgan fingerprint density at radius 3 is 2.73 bits per heavy atom. The molecule has 2 nitrogen and oxygen atoms in total. The van der Waals surface area contributed by atoms with Crippen molar-refractivity contribution >= 4 is 35.2 Å². The molecule has 0 aliphatic heterocycles. The van der Waals surface area contributed by atoms with Crippen molar-refractivity contribution in [1.29, 1.82) is 0 Å². The Kier molecular flexibility index (Phi) is 4.66. The Morgan fingerprint density at radius 1 is 1.47 bits per heavy atom. The maximum absolute atomic E-state index is 10.7. The molecule has 0 heterocycles. The van der Waals surface area contributed by atoms with E-state index >= 15 is 0 Å². The lowest BCUT2D eigenvalue weighted by molar-refractivity contribution is 0.0697. The van der Waals surface area contributed by atoms with E-state index in [2.05, 4.69) is 0 Å². The number of allylic oxidation sites excluding steroid dienone is 1. The topological polar surface area (TPSA) is 37.3 Å². The minimum atomic E-state index is -1.02. The lowest BCUT2D eigenvalue weighted by Crippen LogP contribution is -1.96. The number of rotatable bonds is 4. The quantitative estimate of drug-likeness (QED) is 0.821. The molecule has 0 aliphatic rings. The summed E-state index contributed by atoms with van der Waals surface area (Å²) in [5.41, 5.74) is 0.987. The number of alkyl halides is 1. The number of carboxylic acid groups (broad SMARTS) is 1. The van der Waals surface area contributed by atoms with Gasteiger partial charge in [-0.3, -0.25) is 0 Å². The van der Waals surface area contributed by atoms with Crippen molar-refractivity contribution in [3.05, 3.63) is 40.4 Å². The van der Waals surface area contributed by atoms with E-state index in [4.69, 9.17) is 28.3 Å². The molecule has 0 spiro atoms. The van der Waals surface area contributed by atoms with Gasteiger partial charge in [-0.2, -0.15) is 0 Å². The average Bonchev–Trinajstić information content (AvgIpc) is 2.17. The molecule has 0 fully saturated rings. The van der Waals surface area contributed by atoms with Crippen molar-refractivity contribution in [2.75, 3.05) is 5.88 Å². The summed E-state index contributed by atoms with van der Waals surface area (Å²) in [6.07, 6.45) is 4.55. The summed E-state index contributed by atoms with van der Waals surface area (Å²) in [7, 11) is 0. The van der Waals surface area contributed by atoms with E-state index in [-0.39, 0.29) is 10.6 Å². The molecule has 0 saturated carbocycles. The predicted octanol–water partition coefficient (Wildman–Crippen LogP) is 3.68. The Hall–Kier alpha value is -0.990. The van der Waals surface area contributed by atoms with E-state index in [0.717, 1.165) is 12.0 Å². The molecule has 0 saturated heterocycles. The maximum atomic E-state index is 10.7. The summed E-state index contributed by atoms with van der Waals surface area (Å²) in [5, 5.41) is 9.00. The standard InChI is InChI=1S/C11H10Cl2O2/c12-6-2-1-3-8-4-5-9(11(14)15)10(13)7-8/h1,3-5,7H,2,6H2,(H,14,15). The van der Waals surface area contributed by atoms with Gasteiger partial charge in [0.1, 0.15) is 0 Å². The van der Waals surface area contributed by atoms with E-state index in [1.54, 1.807) is 12.1 Å². The third kappa shape index (κ3) is 3.57. The van der Waals surface area contributed by atoms with Gasteiger partial charge in [0.15, 0.2) is 0 Å². The van der Waals surface area contributed by atoms with Crippen LogP contribution in [0.5, 0.6) is 0 Å². The summed E-state index contributed by atoms with van der Waals surface area (Å²) in [5.74, 6) is -0.450. The van der Waals surface area contributed by atoms with Crippen LogP contribution in [0.3, 0.4) is 0 Å². The van der Waals surface area contributed by atoms with Crippen LogP contribution in [0.1, 0.15) is 22.3 Å². The van der Waals surface area contributed by atoms with Crippen molar-refractivity contribution < 1.29 is 9.90 Å². The number of hydrogen-bond donors (Lipinski definition) is 1. The first-order valence-electron chi connectivity index (χ1n) is 4.40. The second-order valence-corrected chi connectivity index (χ2v) is 3.71. The Bertz CT molecular complexity index is 386. The van der Waals surface area contributed by atoms with Gasteiger partial charge < -0.3 is 5.11 Å². The van der Waals surface area contributed by atoms with Crippen molar-refractivity contribution in [2.24, 2.45) is 0 Å². The maximum Gasteiger partial charge on any atom is 0.337 e. The third-order valence-electron chi connectivity index (χ3n) is 1.81. The lowest BCUT2D eigenvalue weighted by atomic mass is 10.1. The fraction of sp³-hybridized carbons (Fsp3) is 0.182. The van der Waals surface area contributed by atoms with Gasteiger partial charge in [-0.1, -0.05) is 29.8 Å². The third-order valence-corrected chi connectivity index (χ3v) is 2.34. The van der Waals surface area contributed by atoms with Gasteiger partial charge in [-0.05, 0) is 24.1 Å². The van der Waals surface area contributed by atoms with E-state index < -0.39 is 5.97 Å². The van der Waals surface area contributed by atoms with Crippen molar-refractivity contribution in [2.45, 2.75) is 6.42 Å². The number of hydrogen-bond acceptors (Lipinski definition) is 1. The molecule has 0 unspecified atom stereocenters. The Morgan fingerprint density at radius 2 is 2.20 bits per heavy atom. The van der Waals surface area contributed by atoms with Gasteiger partial charge in [0.05, 0.1) is 10.6 Å². The molecule has 0 aliphatic carbocycles.